The molecule has 1 saturated heterocycles. The van der Waals surface area contributed by atoms with Crippen LogP contribution in [0.25, 0.3) is 11.3 Å². The first kappa shape index (κ1) is 23.8. The summed E-state index contributed by atoms with van der Waals surface area (Å²) in [6.45, 7) is 4.67. The molecule has 5 rings (SSSR count). The molecule has 3 heterocycles. The van der Waals surface area contributed by atoms with E-state index >= 15 is 0 Å². The second-order valence-electron chi connectivity index (χ2n) is 8.80. The van der Waals surface area contributed by atoms with Crippen molar-refractivity contribution in [3.05, 3.63) is 77.4 Å². The number of rotatable bonds is 5. The lowest BCUT2D eigenvalue weighted by molar-refractivity contribution is 0.105. The molecule has 1 amide bonds. The summed E-state index contributed by atoms with van der Waals surface area (Å²) in [4.78, 5) is 20.3. The average molecular weight is 492 g/mol. The number of hydrogen-bond acceptors (Lipinski definition) is 6. The topological polar surface area (TPSA) is 70.9 Å². The number of piperazine rings is 1. The molecule has 0 saturated carbocycles. The van der Waals surface area contributed by atoms with E-state index in [0.29, 0.717) is 51.3 Å². The van der Waals surface area contributed by atoms with Gasteiger partial charge in [0.25, 0.3) is 0 Å². The van der Waals surface area contributed by atoms with Crippen molar-refractivity contribution in [1.29, 1.82) is 0 Å². The maximum absolute atomic E-state index is 14.1. The molecule has 7 nitrogen and oxygen atoms in total. The van der Waals surface area contributed by atoms with Crippen molar-refractivity contribution >= 4 is 17.6 Å². The van der Waals surface area contributed by atoms with Gasteiger partial charge in [-0.3, -0.25) is 4.99 Å². The first-order valence-electron chi connectivity index (χ1n) is 12.1. The first-order valence-corrected chi connectivity index (χ1v) is 12.1. The Bertz CT molecular complexity index is 1240. The van der Waals surface area contributed by atoms with Crippen molar-refractivity contribution in [1.82, 2.24) is 15.1 Å². The van der Waals surface area contributed by atoms with Crippen LogP contribution in [0.2, 0.25) is 0 Å². The summed E-state index contributed by atoms with van der Waals surface area (Å²) in [5.41, 5.74) is 3.12. The highest BCUT2D eigenvalue weighted by atomic mass is 19.1. The van der Waals surface area contributed by atoms with Crippen LogP contribution < -0.4 is 4.90 Å². The quantitative estimate of drug-likeness (QED) is 0.501. The third kappa shape index (κ3) is 4.91. The fourth-order valence-corrected chi connectivity index (χ4v) is 4.65. The lowest BCUT2D eigenvalue weighted by atomic mass is 10.0. The van der Waals surface area contributed by atoms with Crippen molar-refractivity contribution < 1.29 is 18.3 Å². The molecule has 36 heavy (non-hydrogen) atoms. The Morgan fingerprint density at radius 2 is 1.69 bits per heavy atom. The molecule has 2 aromatic carbocycles. The van der Waals surface area contributed by atoms with Gasteiger partial charge in [0.1, 0.15) is 11.6 Å². The van der Waals surface area contributed by atoms with Crippen molar-refractivity contribution in [2.45, 2.75) is 25.8 Å². The van der Waals surface area contributed by atoms with E-state index in [-0.39, 0.29) is 17.7 Å². The normalized spacial score (nSPS) is 17.8. The summed E-state index contributed by atoms with van der Waals surface area (Å²) in [6, 6.07) is 15.5. The van der Waals surface area contributed by atoms with E-state index in [9.17, 15) is 13.6 Å². The van der Waals surface area contributed by atoms with Gasteiger partial charge in [0.2, 0.25) is 0 Å². The summed E-state index contributed by atoms with van der Waals surface area (Å²) in [5, 5.41) is 8.79. The molecule has 1 atom stereocenters. The van der Waals surface area contributed by atoms with Crippen LogP contribution in [-0.2, 0) is 4.74 Å². The molecule has 9 heteroatoms. The number of nitrogens with zero attached hydrogens (tertiary/aromatic N) is 5. The van der Waals surface area contributed by atoms with Gasteiger partial charge in [0, 0.05) is 37.5 Å². The molecule has 3 aromatic rings. The number of aliphatic imine (C=N–C) groups is 1. The predicted octanol–water partition coefficient (Wildman–Crippen LogP) is 5.02. The van der Waals surface area contributed by atoms with Crippen LogP contribution in [0.3, 0.4) is 0 Å². The van der Waals surface area contributed by atoms with Crippen molar-refractivity contribution in [3.8, 4) is 11.3 Å². The van der Waals surface area contributed by atoms with Gasteiger partial charge in [-0.25, -0.2) is 13.6 Å². The Kier molecular flexibility index (Phi) is 6.88. The van der Waals surface area contributed by atoms with Crippen LogP contribution in [0, 0.1) is 11.6 Å². The van der Waals surface area contributed by atoms with E-state index in [1.165, 1.54) is 18.2 Å². The largest absolute Gasteiger partial charge is 0.450 e. The fourth-order valence-electron chi connectivity index (χ4n) is 4.65. The molecule has 0 bridgehead atoms. The third-order valence-electron chi connectivity index (χ3n) is 6.59. The zero-order valence-corrected chi connectivity index (χ0v) is 20.0. The lowest BCUT2D eigenvalue weighted by Crippen LogP contribution is -2.49. The van der Waals surface area contributed by atoms with Crippen LogP contribution >= 0.6 is 0 Å². The molecule has 2 aliphatic rings. The van der Waals surface area contributed by atoms with Crippen LogP contribution in [0.1, 0.15) is 36.9 Å². The SMILES string of the molecule is CCOC(=O)N1CCN(c2ccc(-c3ccc(C4CCC(c5c(F)cccc5F)=N4)cc3)nn2)CC1. The summed E-state index contributed by atoms with van der Waals surface area (Å²) < 4.78 is 33.3. The average Bonchev–Trinajstić information content (AvgIpc) is 3.39. The predicted molar refractivity (Wildman–Crippen MR) is 133 cm³/mol. The summed E-state index contributed by atoms with van der Waals surface area (Å²) in [5.74, 6) is -0.382. The molecule has 0 aliphatic carbocycles. The maximum Gasteiger partial charge on any atom is 0.409 e. The molecule has 1 fully saturated rings. The van der Waals surface area contributed by atoms with Crippen molar-refractivity contribution in [2.24, 2.45) is 4.99 Å². The highest BCUT2D eigenvalue weighted by molar-refractivity contribution is 6.02. The van der Waals surface area contributed by atoms with Crippen LogP contribution in [0.5, 0.6) is 0 Å². The summed E-state index contributed by atoms with van der Waals surface area (Å²) >= 11 is 0. The number of benzene rings is 2. The van der Waals surface area contributed by atoms with Gasteiger partial charge < -0.3 is 14.5 Å². The van der Waals surface area contributed by atoms with Crippen LogP contribution in [-0.4, -0.2) is 59.7 Å². The maximum atomic E-state index is 14.1. The Hall–Kier alpha value is -3.88. The number of amides is 1. The standard InChI is InChI=1S/C27H27F2N5O2/c1-2-36-27(35)34-16-14-33(15-17-34)25-13-12-23(31-32-25)19-8-6-18(7-9-19)22-10-11-24(30-22)26-20(28)4-3-5-21(26)29/h3-9,12-13,22H,2,10-11,14-17H2,1H3. The summed E-state index contributed by atoms with van der Waals surface area (Å²) in [6.07, 6.45) is 0.965. The molecule has 0 radical (unpaired) electrons. The minimum atomic E-state index is -0.576. The van der Waals surface area contributed by atoms with Crippen LogP contribution in [0.4, 0.5) is 19.4 Å². The monoisotopic (exact) mass is 491 g/mol. The van der Waals surface area contributed by atoms with Gasteiger partial charge in [0.15, 0.2) is 5.82 Å². The van der Waals surface area contributed by atoms with Gasteiger partial charge >= 0.3 is 6.09 Å². The second kappa shape index (κ2) is 10.4. The summed E-state index contributed by atoms with van der Waals surface area (Å²) in [7, 11) is 0. The van der Waals surface area contributed by atoms with Gasteiger partial charge in [-0.05, 0) is 49.6 Å². The zero-order valence-electron chi connectivity index (χ0n) is 20.0. The molecule has 1 aromatic heterocycles. The third-order valence-corrected chi connectivity index (χ3v) is 6.59. The zero-order chi connectivity index (χ0) is 25.1. The Labute approximate surface area is 208 Å². The van der Waals surface area contributed by atoms with E-state index in [0.717, 1.165) is 22.6 Å². The smallest absolute Gasteiger partial charge is 0.409 e. The number of ether oxygens (including phenoxy) is 1. The van der Waals surface area contributed by atoms with Crippen LogP contribution in [0.15, 0.2) is 59.6 Å². The number of aromatic nitrogens is 2. The first-order chi connectivity index (χ1) is 17.5. The van der Waals surface area contributed by atoms with E-state index in [2.05, 4.69) is 20.1 Å². The van der Waals surface area contributed by atoms with Gasteiger partial charge in [-0.1, -0.05) is 30.3 Å². The van der Waals surface area contributed by atoms with Gasteiger partial charge in [0.05, 0.1) is 23.9 Å². The number of carbonyl (C=O) groups excluding carboxylic acids is 1. The Balaban J connectivity index is 1.23. The van der Waals surface area contributed by atoms with E-state index < -0.39 is 11.6 Å². The van der Waals surface area contributed by atoms with E-state index in [4.69, 9.17) is 4.74 Å². The number of hydrogen-bond donors (Lipinski definition) is 0. The highest BCUT2D eigenvalue weighted by Gasteiger charge is 2.25. The second-order valence-corrected chi connectivity index (χ2v) is 8.80. The number of halogens is 2. The minimum absolute atomic E-state index is 0.0192. The van der Waals surface area contributed by atoms with E-state index in [1.807, 2.05) is 36.4 Å². The minimum Gasteiger partial charge on any atom is -0.450 e. The number of anilines is 1. The van der Waals surface area contributed by atoms with Crippen molar-refractivity contribution in [2.75, 3.05) is 37.7 Å². The fraction of sp³-hybridized carbons (Fsp3) is 0.333. The Morgan fingerprint density at radius 3 is 2.33 bits per heavy atom. The molecule has 0 N–H and O–H groups in total. The van der Waals surface area contributed by atoms with Gasteiger partial charge in [-0.15, -0.1) is 10.2 Å². The molecule has 186 valence electrons. The van der Waals surface area contributed by atoms with E-state index in [1.54, 1.807) is 11.8 Å². The lowest BCUT2D eigenvalue weighted by Gasteiger charge is -2.34. The van der Waals surface area contributed by atoms with Gasteiger partial charge in [-0.2, -0.15) is 0 Å². The van der Waals surface area contributed by atoms with Crippen molar-refractivity contribution in [3.63, 3.8) is 0 Å². The molecule has 1 unspecified atom stereocenters. The molecule has 0 spiro atoms. The number of carbonyl (C=O) groups is 1. The molecular weight excluding hydrogens is 464 g/mol. The highest BCUT2D eigenvalue weighted by Crippen LogP contribution is 2.33. The Morgan fingerprint density at radius 1 is 0.972 bits per heavy atom. The molecular formula is C27H27F2N5O2. The molecule has 2 aliphatic heterocycles.